The smallest absolute Gasteiger partial charge is 0.266 e. The molecular formula is C11H9Cl2NO2S2. The van der Waals surface area contributed by atoms with Crippen molar-refractivity contribution in [2.75, 3.05) is 11.4 Å². The molecule has 0 radical (unpaired) electrons. The van der Waals surface area contributed by atoms with E-state index in [4.69, 9.17) is 23.2 Å². The summed E-state index contributed by atoms with van der Waals surface area (Å²) in [5.41, 5.74) is 0.566. The van der Waals surface area contributed by atoms with Crippen molar-refractivity contribution >= 4 is 50.2 Å². The van der Waals surface area contributed by atoms with Crippen molar-refractivity contribution < 1.29 is 8.42 Å². The zero-order chi connectivity index (χ0) is 13.3. The molecule has 0 amide bonds. The molecule has 1 heterocycles. The van der Waals surface area contributed by atoms with Gasteiger partial charge in [0, 0.05) is 7.05 Å². The Morgan fingerprint density at radius 2 is 1.78 bits per heavy atom. The average Bonchev–Trinajstić information content (AvgIpc) is 2.69. The molecule has 0 atom stereocenters. The average molecular weight is 322 g/mol. The third-order valence-corrected chi connectivity index (χ3v) is 5.92. The number of benzene rings is 1. The molecule has 18 heavy (non-hydrogen) atoms. The standard InChI is InChI=1S/C11H9Cl2NO2S2/c1-14(8-5-3-2-4-6-8)18(15,16)9-7-10(12)17-11(9)13/h2-7H,1H3. The fraction of sp³-hybridized carbons (Fsp3) is 0.0909. The normalized spacial score (nSPS) is 11.5. The lowest BCUT2D eigenvalue weighted by atomic mass is 10.3. The van der Waals surface area contributed by atoms with Crippen LogP contribution in [0.5, 0.6) is 0 Å². The Bertz CT molecular complexity index is 653. The molecule has 0 fully saturated rings. The van der Waals surface area contributed by atoms with Gasteiger partial charge >= 0.3 is 0 Å². The Labute approximate surface area is 120 Å². The molecule has 0 aliphatic heterocycles. The van der Waals surface area contributed by atoms with Crippen LogP contribution in [0.1, 0.15) is 0 Å². The van der Waals surface area contributed by atoms with E-state index >= 15 is 0 Å². The second kappa shape index (κ2) is 5.09. The number of hydrogen-bond donors (Lipinski definition) is 0. The molecule has 0 N–H and O–H groups in total. The lowest BCUT2D eigenvalue weighted by Gasteiger charge is -2.18. The maximum atomic E-state index is 12.4. The molecule has 2 rings (SSSR count). The topological polar surface area (TPSA) is 37.4 Å². The van der Waals surface area contributed by atoms with Crippen molar-refractivity contribution in [1.82, 2.24) is 0 Å². The summed E-state index contributed by atoms with van der Waals surface area (Å²) >= 11 is 12.7. The first-order chi connectivity index (χ1) is 8.43. The Morgan fingerprint density at radius 3 is 2.28 bits per heavy atom. The van der Waals surface area contributed by atoms with Gasteiger partial charge in [-0.3, -0.25) is 4.31 Å². The van der Waals surface area contributed by atoms with E-state index in [0.29, 0.717) is 10.0 Å². The SMILES string of the molecule is CN(c1ccccc1)S(=O)(=O)c1cc(Cl)sc1Cl. The van der Waals surface area contributed by atoms with Gasteiger partial charge < -0.3 is 0 Å². The first kappa shape index (κ1) is 13.7. The highest BCUT2D eigenvalue weighted by atomic mass is 35.5. The van der Waals surface area contributed by atoms with Gasteiger partial charge in [-0.15, -0.1) is 11.3 Å². The number of hydrogen-bond acceptors (Lipinski definition) is 3. The van der Waals surface area contributed by atoms with E-state index in [1.165, 1.54) is 17.4 Å². The van der Waals surface area contributed by atoms with E-state index in [1.807, 2.05) is 6.07 Å². The van der Waals surface area contributed by atoms with Crippen molar-refractivity contribution in [3.05, 3.63) is 45.1 Å². The summed E-state index contributed by atoms with van der Waals surface area (Å²) in [5.74, 6) is 0. The van der Waals surface area contributed by atoms with Gasteiger partial charge in [0.25, 0.3) is 10.0 Å². The number of rotatable bonds is 3. The second-order valence-corrected chi connectivity index (χ2v) is 7.72. The molecule has 0 saturated heterocycles. The molecule has 0 saturated carbocycles. The largest absolute Gasteiger partial charge is 0.269 e. The second-order valence-electron chi connectivity index (χ2n) is 3.50. The Hall–Kier alpha value is -0.750. The number of anilines is 1. The minimum absolute atomic E-state index is 0.0329. The van der Waals surface area contributed by atoms with Crippen molar-refractivity contribution in [2.24, 2.45) is 0 Å². The summed E-state index contributed by atoms with van der Waals surface area (Å²) in [6.07, 6.45) is 0. The fourth-order valence-corrected chi connectivity index (χ4v) is 4.73. The lowest BCUT2D eigenvalue weighted by Crippen LogP contribution is -2.26. The van der Waals surface area contributed by atoms with Crippen LogP contribution >= 0.6 is 34.5 Å². The number of thiophene rings is 1. The molecule has 0 bridgehead atoms. The monoisotopic (exact) mass is 321 g/mol. The first-order valence-electron chi connectivity index (χ1n) is 4.92. The van der Waals surface area contributed by atoms with Gasteiger partial charge in [-0.05, 0) is 18.2 Å². The first-order valence-corrected chi connectivity index (χ1v) is 7.93. The Morgan fingerprint density at radius 1 is 1.17 bits per heavy atom. The molecule has 0 aliphatic carbocycles. The molecule has 3 nitrogen and oxygen atoms in total. The maximum Gasteiger partial charge on any atom is 0.266 e. The summed E-state index contributed by atoms with van der Waals surface area (Å²) in [6, 6.07) is 10.1. The minimum Gasteiger partial charge on any atom is -0.269 e. The zero-order valence-electron chi connectivity index (χ0n) is 9.30. The highest BCUT2D eigenvalue weighted by Gasteiger charge is 2.26. The predicted molar refractivity (Wildman–Crippen MR) is 76.4 cm³/mol. The summed E-state index contributed by atoms with van der Waals surface area (Å²) in [6.45, 7) is 0. The maximum absolute atomic E-state index is 12.4. The number of para-hydroxylation sites is 1. The van der Waals surface area contributed by atoms with Crippen LogP contribution in [0.2, 0.25) is 8.67 Å². The third kappa shape index (κ3) is 2.49. The van der Waals surface area contributed by atoms with Gasteiger partial charge in [0.2, 0.25) is 0 Å². The molecule has 7 heteroatoms. The summed E-state index contributed by atoms with van der Waals surface area (Å²) in [4.78, 5) is 0.0329. The van der Waals surface area contributed by atoms with E-state index in [0.717, 1.165) is 11.3 Å². The molecule has 1 aromatic carbocycles. The molecule has 1 aromatic heterocycles. The van der Waals surface area contributed by atoms with Crippen LogP contribution in [0.15, 0.2) is 41.3 Å². The van der Waals surface area contributed by atoms with Crippen LogP contribution in [0, 0.1) is 0 Å². The number of halogens is 2. The van der Waals surface area contributed by atoms with Crippen LogP contribution in [-0.4, -0.2) is 15.5 Å². The zero-order valence-corrected chi connectivity index (χ0v) is 12.4. The summed E-state index contributed by atoms with van der Waals surface area (Å²) in [5, 5.41) is 0. The molecular weight excluding hydrogens is 313 g/mol. The molecule has 0 spiro atoms. The van der Waals surface area contributed by atoms with E-state index in [9.17, 15) is 8.42 Å². The van der Waals surface area contributed by atoms with Crippen LogP contribution in [0.4, 0.5) is 5.69 Å². The van der Waals surface area contributed by atoms with Gasteiger partial charge in [0.1, 0.15) is 9.23 Å². The van der Waals surface area contributed by atoms with Crippen molar-refractivity contribution in [1.29, 1.82) is 0 Å². The van der Waals surface area contributed by atoms with Gasteiger partial charge in [0.05, 0.1) is 10.0 Å². The van der Waals surface area contributed by atoms with Crippen LogP contribution in [0.25, 0.3) is 0 Å². The Balaban J connectivity index is 2.47. The minimum atomic E-state index is -3.67. The van der Waals surface area contributed by atoms with Crippen LogP contribution < -0.4 is 4.31 Å². The lowest BCUT2D eigenvalue weighted by molar-refractivity contribution is 0.595. The van der Waals surface area contributed by atoms with Gasteiger partial charge in [-0.1, -0.05) is 41.4 Å². The van der Waals surface area contributed by atoms with E-state index in [1.54, 1.807) is 24.3 Å². The fourth-order valence-electron chi connectivity index (χ4n) is 1.43. The Kier molecular flexibility index (Phi) is 3.87. The van der Waals surface area contributed by atoms with E-state index < -0.39 is 10.0 Å². The van der Waals surface area contributed by atoms with Crippen molar-refractivity contribution in [2.45, 2.75) is 4.90 Å². The predicted octanol–water partition coefficient (Wildman–Crippen LogP) is 3.88. The van der Waals surface area contributed by atoms with E-state index in [2.05, 4.69) is 0 Å². The highest BCUT2D eigenvalue weighted by molar-refractivity contribution is 7.93. The summed E-state index contributed by atoms with van der Waals surface area (Å²) < 4.78 is 26.4. The molecule has 2 aromatic rings. The number of nitrogens with zero attached hydrogens (tertiary/aromatic N) is 1. The van der Waals surface area contributed by atoms with Gasteiger partial charge in [0.15, 0.2) is 0 Å². The number of sulfonamides is 1. The molecule has 0 unspecified atom stereocenters. The van der Waals surface area contributed by atoms with Gasteiger partial charge in [-0.2, -0.15) is 0 Å². The quantitative estimate of drug-likeness (QED) is 0.860. The van der Waals surface area contributed by atoms with Crippen LogP contribution in [0.3, 0.4) is 0 Å². The summed E-state index contributed by atoms with van der Waals surface area (Å²) in [7, 11) is -2.20. The molecule has 96 valence electrons. The van der Waals surface area contributed by atoms with Crippen molar-refractivity contribution in [3.8, 4) is 0 Å². The van der Waals surface area contributed by atoms with Crippen LogP contribution in [-0.2, 0) is 10.0 Å². The molecule has 0 aliphatic rings. The third-order valence-electron chi connectivity index (χ3n) is 2.38. The van der Waals surface area contributed by atoms with Crippen molar-refractivity contribution in [3.63, 3.8) is 0 Å². The van der Waals surface area contributed by atoms with E-state index in [-0.39, 0.29) is 9.23 Å². The van der Waals surface area contributed by atoms with Gasteiger partial charge in [-0.25, -0.2) is 8.42 Å². The highest BCUT2D eigenvalue weighted by Crippen LogP contribution is 2.36.